The van der Waals surface area contributed by atoms with Gasteiger partial charge in [-0.2, -0.15) is 0 Å². The van der Waals surface area contributed by atoms with Crippen LogP contribution in [0.1, 0.15) is 24.2 Å². The van der Waals surface area contributed by atoms with Gasteiger partial charge in [0, 0.05) is 44.1 Å². The van der Waals surface area contributed by atoms with E-state index in [0.717, 1.165) is 30.9 Å². The summed E-state index contributed by atoms with van der Waals surface area (Å²) < 4.78 is 19.2. The standard InChI is InChI=1S/C20H24FN3O2S/c1-2-26-11-19(25)24-8-15-7-23(9-17-12-27-13-22-17)10-18(15)20(24)14-4-3-5-16(21)6-14/h3-6,12-13,15,18,20H,2,7-11H2,1H3/t15-,18-,20+/m0/s1. The molecule has 0 bridgehead atoms. The molecule has 5 nitrogen and oxygen atoms in total. The van der Waals surface area contributed by atoms with Gasteiger partial charge in [0.15, 0.2) is 0 Å². The number of benzene rings is 1. The van der Waals surface area contributed by atoms with Gasteiger partial charge in [0.05, 0.1) is 17.2 Å². The molecule has 2 aromatic rings. The number of rotatable bonds is 6. The molecule has 0 unspecified atom stereocenters. The Balaban J connectivity index is 1.55. The molecule has 0 N–H and O–H groups in total. The summed E-state index contributed by atoms with van der Waals surface area (Å²) in [6.45, 7) is 5.84. The smallest absolute Gasteiger partial charge is 0.249 e. The van der Waals surface area contributed by atoms with Crippen LogP contribution in [0, 0.1) is 17.7 Å². The molecule has 144 valence electrons. The van der Waals surface area contributed by atoms with Crippen molar-refractivity contribution in [3.05, 3.63) is 52.2 Å². The van der Waals surface area contributed by atoms with Crippen LogP contribution < -0.4 is 0 Å². The maximum Gasteiger partial charge on any atom is 0.249 e. The minimum absolute atomic E-state index is 0.00781. The predicted octanol–water partition coefficient (Wildman–Crippen LogP) is 2.95. The molecule has 2 saturated heterocycles. The first-order valence-electron chi connectivity index (χ1n) is 9.37. The minimum atomic E-state index is -0.259. The van der Waals surface area contributed by atoms with Crippen LogP contribution in [-0.4, -0.2) is 53.5 Å². The van der Waals surface area contributed by atoms with E-state index in [9.17, 15) is 9.18 Å². The van der Waals surface area contributed by atoms with E-state index in [1.165, 1.54) is 6.07 Å². The van der Waals surface area contributed by atoms with Gasteiger partial charge in [0.25, 0.3) is 0 Å². The number of aromatic nitrogens is 1. The molecule has 0 radical (unpaired) electrons. The fourth-order valence-corrected chi connectivity index (χ4v) is 5.01. The van der Waals surface area contributed by atoms with Gasteiger partial charge in [-0.25, -0.2) is 9.37 Å². The highest BCUT2D eigenvalue weighted by atomic mass is 32.1. The largest absolute Gasteiger partial charge is 0.372 e. The first-order valence-corrected chi connectivity index (χ1v) is 10.3. The minimum Gasteiger partial charge on any atom is -0.372 e. The van der Waals surface area contributed by atoms with Crippen LogP contribution in [0.25, 0.3) is 0 Å². The number of hydrogen-bond donors (Lipinski definition) is 0. The van der Waals surface area contributed by atoms with Crippen LogP contribution in [0.2, 0.25) is 0 Å². The number of nitrogens with zero attached hydrogens (tertiary/aromatic N) is 3. The van der Waals surface area contributed by atoms with Crippen LogP contribution >= 0.6 is 11.3 Å². The van der Waals surface area contributed by atoms with Gasteiger partial charge in [-0.1, -0.05) is 12.1 Å². The fraction of sp³-hybridized carbons (Fsp3) is 0.500. The van der Waals surface area contributed by atoms with E-state index in [1.54, 1.807) is 23.5 Å². The molecule has 2 aliphatic rings. The molecule has 3 atom stereocenters. The Labute approximate surface area is 162 Å². The van der Waals surface area contributed by atoms with E-state index in [2.05, 4.69) is 15.3 Å². The van der Waals surface area contributed by atoms with Crippen molar-refractivity contribution in [3.8, 4) is 0 Å². The number of thiazole rings is 1. The monoisotopic (exact) mass is 389 g/mol. The van der Waals surface area contributed by atoms with Crippen LogP contribution in [0.15, 0.2) is 35.2 Å². The summed E-state index contributed by atoms with van der Waals surface area (Å²) in [7, 11) is 0. The SMILES string of the molecule is CCOCC(=O)N1C[C@@H]2CN(Cc3cscn3)C[C@@H]2[C@H]1c1cccc(F)c1. The lowest BCUT2D eigenvalue weighted by Gasteiger charge is -2.30. The van der Waals surface area contributed by atoms with E-state index in [4.69, 9.17) is 4.74 Å². The second-order valence-electron chi connectivity index (χ2n) is 7.28. The lowest BCUT2D eigenvalue weighted by molar-refractivity contribution is -0.137. The molecule has 2 fully saturated rings. The summed E-state index contributed by atoms with van der Waals surface area (Å²) in [5, 5.41) is 2.08. The second kappa shape index (κ2) is 8.04. The van der Waals surface area contributed by atoms with E-state index >= 15 is 0 Å². The highest BCUT2D eigenvalue weighted by Gasteiger charge is 2.49. The Kier molecular flexibility index (Phi) is 5.52. The van der Waals surface area contributed by atoms with Crippen molar-refractivity contribution < 1.29 is 13.9 Å². The highest BCUT2D eigenvalue weighted by molar-refractivity contribution is 7.07. The molecule has 0 saturated carbocycles. The second-order valence-corrected chi connectivity index (χ2v) is 8.00. The van der Waals surface area contributed by atoms with Crippen molar-refractivity contribution in [2.24, 2.45) is 11.8 Å². The topological polar surface area (TPSA) is 45.7 Å². The summed E-state index contributed by atoms with van der Waals surface area (Å²) in [4.78, 5) is 21.4. The molecule has 1 aromatic carbocycles. The molecule has 1 aromatic heterocycles. The van der Waals surface area contributed by atoms with Crippen LogP contribution in [0.5, 0.6) is 0 Å². The molecule has 0 aliphatic carbocycles. The van der Waals surface area contributed by atoms with E-state index < -0.39 is 0 Å². The number of carbonyl (C=O) groups is 1. The fourth-order valence-electron chi connectivity index (χ4n) is 4.46. The predicted molar refractivity (Wildman–Crippen MR) is 102 cm³/mol. The third kappa shape index (κ3) is 3.90. The molecule has 1 amide bonds. The number of carbonyl (C=O) groups excluding carboxylic acids is 1. The summed E-state index contributed by atoms with van der Waals surface area (Å²) >= 11 is 1.61. The number of amides is 1. The van der Waals surface area contributed by atoms with Crippen molar-refractivity contribution in [1.29, 1.82) is 0 Å². The number of halogens is 1. The first kappa shape index (κ1) is 18.5. The van der Waals surface area contributed by atoms with Gasteiger partial charge in [-0.3, -0.25) is 9.69 Å². The summed E-state index contributed by atoms with van der Waals surface area (Å²) in [6.07, 6.45) is 0. The third-order valence-electron chi connectivity index (χ3n) is 5.55. The average molecular weight is 389 g/mol. The summed E-state index contributed by atoms with van der Waals surface area (Å²) in [5.41, 5.74) is 3.82. The molecule has 3 heterocycles. The molecule has 2 aliphatic heterocycles. The zero-order valence-electron chi connectivity index (χ0n) is 15.4. The lowest BCUT2D eigenvalue weighted by Crippen LogP contribution is -2.37. The Morgan fingerprint density at radius 2 is 2.26 bits per heavy atom. The van der Waals surface area contributed by atoms with Gasteiger partial charge >= 0.3 is 0 Å². The van der Waals surface area contributed by atoms with Gasteiger partial charge in [-0.05, 0) is 30.5 Å². The van der Waals surface area contributed by atoms with Gasteiger partial charge in [0.2, 0.25) is 5.91 Å². The molecule has 27 heavy (non-hydrogen) atoms. The van der Waals surface area contributed by atoms with Crippen molar-refractivity contribution in [1.82, 2.24) is 14.8 Å². The van der Waals surface area contributed by atoms with Crippen molar-refractivity contribution in [2.75, 3.05) is 32.8 Å². The van der Waals surface area contributed by atoms with Crippen LogP contribution in [-0.2, 0) is 16.1 Å². The summed E-state index contributed by atoms with van der Waals surface area (Å²) in [5.74, 6) is 0.426. The maximum atomic E-state index is 13.9. The van der Waals surface area contributed by atoms with E-state index in [0.29, 0.717) is 25.0 Å². The Bertz CT molecular complexity index is 785. The normalized spacial score (nSPS) is 25.1. The van der Waals surface area contributed by atoms with Crippen molar-refractivity contribution in [2.45, 2.75) is 19.5 Å². The first-order chi connectivity index (χ1) is 13.2. The third-order valence-corrected chi connectivity index (χ3v) is 6.18. The number of ether oxygens (including phenoxy) is 1. The summed E-state index contributed by atoms with van der Waals surface area (Å²) in [6, 6.07) is 6.58. The van der Waals surface area contributed by atoms with Crippen molar-refractivity contribution >= 4 is 17.2 Å². The van der Waals surface area contributed by atoms with E-state index in [1.807, 2.05) is 23.4 Å². The number of likely N-dealkylation sites (tertiary alicyclic amines) is 2. The zero-order chi connectivity index (χ0) is 18.8. The highest BCUT2D eigenvalue weighted by Crippen LogP contribution is 2.45. The average Bonchev–Trinajstić information content (AvgIpc) is 3.36. The number of hydrogen-bond acceptors (Lipinski definition) is 5. The Hall–Kier alpha value is -1.83. The Morgan fingerprint density at radius 3 is 3.00 bits per heavy atom. The molecular formula is C20H24FN3O2S. The molecule has 7 heteroatoms. The van der Waals surface area contributed by atoms with Gasteiger partial charge in [-0.15, -0.1) is 11.3 Å². The van der Waals surface area contributed by atoms with E-state index in [-0.39, 0.29) is 24.4 Å². The zero-order valence-corrected chi connectivity index (χ0v) is 16.2. The Morgan fingerprint density at radius 1 is 1.37 bits per heavy atom. The maximum absolute atomic E-state index is 13.9. The molecule has 0 spiro atoms. The van der Waals surface area contributed by atoms with Gasteiger partial charge < -0.3 is 9.64 Å². The van der Waals surface area contributed by atoms with Crippen LogP contribution in [0.3, 0.4) is 0 Å². The quantitative estimate of drug-likeness (QED) is 0.762. The number of fused-ring (bicyclic) bond motifs is 1. The molecule has 4 rings (SSSR count). The van der Waals surface area contributed by atoms with Crippen molar-refractivity contribution in [3.63, 3.8) is 0 Å². The lowest BCUT2D eigenvalue weighted by atomic mass is 9.89. The molecular weight excluding hydrogens is 365 g/mol. The van der Waals surface area contributed by atoms with Crippen LogP contribution in [0.4, 0.5) is 4.39 Å². The van der Waals surface area contributed by atoms with Gasteiger partial charge in [0.1, 0.15) is 12.4 Å².